The largest absolute Gasteiger partial charge is 0.338 e. The maximum Gasteiger partial charge on any atom is 0.240 e. The van der Waals surface area contributed by atoms with E-state index in [-0.39, 0.29) is 10.7 Å². The number of halogens is 1. The van der Waals surface area contributed by atoms with Crippen molar-refractivity contribution in [3.05, 3.63) is 11.7 Å². The van der Waals surface area contributed by atoms with Gasteiger partial charge in [-0.2, -0.15) is 4.98 Å². The summed E-state index contributed by atoms with van der Waals surface area (Å²) in [4.78, 5) is 4.02. The van der Waals surface area contributed by atoms with E-state index in [1.54, 1.807) is 6.92 Å². The van der Waals surface area contributed by atoms with Crippen LogP contribution < -0.4 is 0 Å². The number of nitrogens with zero attached hydrogens (tertiary/aromatic N) is 2. The summed E-state index contributed by atoms with van der Waals surface area (Å²) >= 11 is 3.35. The highest BCUT2D eigenvalue weighted by Crippen LogP contribution is 2.26. The summed E-state index contributed by atoms with van der Waals surface area (Å²) in [5.41, 5.74) is 0. The molecule has 7 heteroatoms. The number of aromatic nitrogens is 2. The highest BCUT2D eigenvalue weighted by Gasteiger charge is 2.24. The van der Waals surface area contributed by atoms with Crippen LogP contribution in [0.2, 0.25) is 0 Å². The summed E-state index contributed by atoms with van der Waals surface area (Å²) in [5, 5.41) is 2.93. The molecular weight excluding hydrogens is 284 g/mol. The summed E-state index contributed by atoms with van der Waals surface area (Å²) in [6.45, 7) is 3.50. The van der Waals surface area contributed by atoms with Gasteiger partial charge in [-0.3, -0.25) is 0 Å². The quantitative estimate of drug-likeness (QED) is 0.795. The van der Waals surface area contributed by atoms with Crippen LogP contribution >= 0.6 is 15.9 Å². The third kappa shape index (κ3) is 3.01. The van der Waals surface area contributed by atoms with E-state index in [0.29, 0.717) is 5.89 Å². The Morgan fingerprint density at radius 2 is 2.13 bits per heavy atom. The van der Waals surface area contributed by atoms with Gasteiger partial charge in [0.25, 0.3) is 0 Å². The zero-order valence-corrected chi connectivity index (χ0v) is 11.2. The van der Waals surface area contributed by atoms with Gasteiger partial charge < -0.3 is 4.52 Å². The van der Waals surface area contributed by atoms with Crippen molar-refractivity contribution in [1.29, 1.82) is 0 Å². The van der Waals surface area contributed by atoms with Crippen LogP contribution in [0.1, 0.15) is 42.1 Å². The minimum atomic E-state index is -3.18. The Kier molecular flexibility index (Phi) is 3.88. The van der Waals surface area contributed by atoms with Gasteiger partial charge in [-0.15, -0.1) is 0 Å². The molecule has 2 unspecified atom stereocenters. The Labute approximate surface area is 97.3 Å². The number of alkyl halides is 1. The molecule has 5 nitrogen and oxygen atoms in total. The van der Waals surface area contributed by atoms with E-state index in [9.17, 15) is 8.42 Å². The molecule has 1 aromatic rings. The third-order valence-corrected chi connectivity index (χ3v) is 4.62. The molecule has 0 aromatic carbocycles. The fourth-order valence-corrected chi connectivity index (χ4v) is 1.57. The predicted molar refractivity (Wildman–Crippen MR) is 59.5 cm³/mol. The van der Waals surface area contributed by atoms with Gasteiger partial charge >= 0.3 is 0 Å². The van der Waals surface area contributed by atoms with E-state index in [2.05, 4.69) is 26.1 Å². The van der Waals surface area contributed by atoms with Gasteiger partial charge in [0, 0.05) is 6.26 Å². The Balaban J connectivity index is 2.94. The second-order valence-electron chi connectivity index (χ2n) is 3.34. The Morgan fingerprint density at radius 1 is 1.53 bits per heavy atom. The van der Waals surface area contributed by atoms with E-state index in [1.807, 2.05) is 6.92 Å². The summed E-state index contributed by atoms with van der Waals surface area (Å²) in [5.74, 6) is 0.633. The first-order valence-corrected chi connectivity index (χ1v) is 7.39. The molecule has 0 radical (unpaired) electrons. The number of hydrogen-bond acceptors (Lipinski definition) is 5. The van der Waals surface area contributed by atoms with Gasteiger partial charge in [0.2, 0.25) is 5.89 Å². The number of sulfone groups is 1. The van der Waals surface area contributed by atoms with Gasteiger partial charge in [-0.1, -0.05) is 28.0 Å². The van der Waals surface area contributed by atoms with Gasteiger partial charge in [-0.25, -0.2) is 8.42 Å². The van der Waals surface area contributed by atoms with Crippen molar-refractivity contribution in [3.8, 4) is 0 Å². The van der Waals surface area contributed by atoms with Crippen LogP contribution in [0.25, 0.3) is 0 Å². The molecule has 86 valence electrons. The van der Waals surface area contributed by atoms with Gasteiger partial charge in [0.05, 0.1) is 4.83 Å². The molecule has 1 heterocycles. The molecule has 15 heavy (non-hydrogen) atoms. The van der Waals surface area contributed by atoms with E-state index < -0.39 is 15.1 Å². The molecule has 1 rings (SSSR count). The lowest BCUT2D eigenvalue weighted by molar-refractivity contribution is 0.371. The van der Waals surface area contributed by atoms with Crippen LogP contribution in [0.15, 0.2) is 4.52 Å². The van der Waals surface area contributed by atoms with E-state index in [1.165, 1.54) is 0 Å². The molecule has 0 spiro atoms. The SMILES string of the molecule is CCC(Br)c1nc(C(C)S(C)(=O)=O)no1. The Bertz CT molecular complexity index is 429. The van der Waals surface area contributed by atoms with Crippen molar-refractivity contribution < 1.29 is 12.9 Å². The minimum absolute atomic E-state index is 0.0227. The smallest absolute Gasteiger partial charge is 0.240 e. The topological polar surface area (TPSA) is 73.1 Å². The molecule has 0 amide bonds. The molecule has 0 aliphatic heterocycles. The monoisotopic (exact) mass is 296 g/mol. The number of hydrogen-bond donors (Lipinski definition) is 0. The molecule has 0 saturated carbocycles. The zero-order valence-electron chi connectivity index (χ0n) is 8.77. The fraction of sp³-hybridized carbons (Fsp3) is 0.750. The van der Waals surface area contributed by atoms with Crippen molar-refractivity contribution in [3.63, 3.8) is 0 Å². The Morgan fingerprint density at radius 3 is 2.60 bits per heavy atom. The molecule has 1 aromatic heterocycles. The second-order valence-corrected chi connectivity index (χ2v) is 6.81. The summed E-state index contributed by atoms with van der Waals surface area (Å²) in [7, 11) is -3.18. The highest BCUT2D eigenvalue weighted by molar-refractivity contribution is 9.09. The molecule has 0 N–H and O–H groups in total. The standard InChI is InChI=1S/C8H13BrN2O3S/c1-4-6(9)8-10-7(11-14-8)5(2)15(3,12)13/h5-6H,4H2,1-3H3. The van der Waals surface area contributed by atoms with Crippen molar-refractivity contribution in [2.24, 2.45) is 0 Å². The first-order valence-electron chi connectivity index (χ1n) is 4.52. The van der Waals surface area contributed by atoms with E-state index in [0.717, 1.165) is 12.7 Å². The summed E-state index contributed by atoms with van der Waals surface area (Å²) in [6, 6.07) is 0. The van der Waals surface area contributed by atoms with Crippen LogP contribution in [0.4, 0.5) is 0 Å². The first kappa shape index (κ1) is 12.6. The van der Waals surface area contributed by atoms with Crippen LogP contribution in [0, 0.1) is 0 Å². The van der Waals surface area contributed by atoms with E-state index >= 15 is 0 Å². The van der Waals surface area contributed by atoms with Gasteiger partial charge in [0.15, 0.2) is 15.7 Å². The average Bonchev–Trinajstić information content (AvgIpc) is 2.62. The first-order chi connectivity index (χ1) is 6.86. The van der Waals surface area contributed by atoms with Crippen molar-refractivity contribution >= 4 is 25.8 Å². The Hall–Kier alpha value is -0.430. The lowest BCUT2D eigenvalue weighted by atomic mass is 10.3. The molecule has 2 atom stereocenters. The van der Waals surface area contributed by atoms with Crippen molar-refractivity contribution in [1.82, 2.24) is 10.1 Å². The van der Waals surface area contributed by atoms with Gasteiger partial charge in [-0.05, 0) is 13.3 Å². The summed E-state index contributed by atoms with van der Waals surface area (Å²) < 4.78 is 27.5. The lowest BCUT2D eigenvalue weighted by Gasteiger charge is -2.02. The van der Waals surface area contributed by atoms with Crippen molar-refractivity contribution in [2.75, 3.05) is 6.26 Å². The minimum Gasteiger partial charge on any atom is -0.338 e. The summed E-state index contributed by atoms with van der Waals surface area (Å²) in [6.07, 6.45) is 1.95. The third-order valence-electron chi connectivity index (χ3n) is 2.09. The van der Waals surface area contributed by atoms with Crippen LogP contribution in [0.3, 0.4) is 0 Å². The van der Waals surface area contributed by atoms with E-state index in [4.69, 9.17) is 4.52 Å². The van der Waals surface area contributed by atoms with Gasteiger partial charge in [0.1, 0.15) is 5.25 Å². The maximum atomic E-state index is 11.2. The fourth-order valence-electron chi connectivity index (χ4n) is 0.906. The maximum absolute atomic E-state index is 11.2. The molecule has 0 bridgehead atoms. The molecule has 0 fully saturated rings. The predicted octanol–water partition coefficient (Wildman–Crippen LogP) is 2.02. The van der Waals surface area contributed by atoms with Crippen LogP contribution in [0.5, 0.6) is 0 Å². The van der Waals surface area contributed by atoms with Crippen LogP contribution in [-0.2, 0) is 9.84 Å². The normalized spacial score (nSPS) is 16.3. The van der Waals surface area contributed by atoms with Crippen LogP contribution in [-0.4, -0.2) is 24.8 Å². The lowest BCUT2D eigenvalue weighted by Crippen LogP contribution is -2.09. The molecular formula is C8H13BrN2O3S. The average molecular weight is 297 g/mol. The number of rotatable bonds is 4. The molecule has 0 aliphatic rings. The highest BCUT2D eigenvalue weighted by atomic mass is 79.9. The molecule has 0 aliphatic carbocycles. The zero-order chi connectivity index (χ0) is 11.6. The van der Waals surface area contributed by atoms with Crippen molar-refractivity contribution in [2.45, 2.75) is 30.3 Å². The molecule has 0 saturated heterocycles. The second kappa shape index (κ2) is 4.61.